The first-order valence-electron chi connectivity index (χ1n) is 6.20. The van der Waals surface area contributed by atoms with Gasteiger partial charge in [0.15, 0.2) is 0 Å². The van der Waals surface area contributed by atoms with E-state index in [0.29, 0.717) is 5.02 Å². The van der Waals surface area contributed by atoms with E-state index >= 15 is 0 Å². The van der Waals surface area contributed by atoms with Crippen molar-refractivity contribution in [1.82, 2.24) is 4.90 Å². The summed E-state index contributed by atoms with van der Waals surface area (Å²) < 4.78 is 5.32. The molecule has 0 radical (unpaired) electrons. The van der Waals surface area contributed by atoms with Crippen LogP contribution < -0.4 is 4.74 Å². The molecular weight excluding hydrogens is 248 g/mol. The van der Waals surface area contributed by atoms with Gasteiger partial charge in [0.2, 0.25) is 0 Å². The van der Waals surface area contributed by atoms with Crippen molar-refractivity contribution in [3.63, 3.8) is 0 Å². The van der Waals surface area contributed by atoms with Crippen LogP contribution in [-0.4, -0.2) is 31.6 Å². The number of rotatable bonds is 4. The lowest BCUT2D eigenvalue weighted by molar-refractivity contribution is 0.327. The predicted molar refractivity (Wildman–Crippen MR) is 72.0 cm³/mol. The predicted octanol–water partition coefficient (Wildman–Crippen LogP) is 3.05. The Bertz CT molecular complexity index is 450. The molecule has 18 heavy (non-hydrogen) atoms. The molecule has 3 nitrogen and oxygen atoms in total. The maximum absolute atomic E-state index is 9.38. The summed E-state index contributed by atoms with van der Waals surface area (Å²) in [6, 6.07) is 7.82. The van der Waals surface area contributed by atoms with Gasteiger partial charge in [0.25, 0.3) is 0 Å². The van der Waals surface area contributed by atoms with E-state index in [9.17, 15) is 5.26 Å². The molecule has 96 valence electrons. The first-order valence-corrected chi connectivity index (χ1v) is 6.58. The van der Waals surface area contributed by atoms with E-state index in [-0.39, 0.29) is 5.92 Å². The van der Waals surface area contributed by atoms with Crippen molar-refractivity contribution in [2.75, 3.05) is 26.7 Å². The third-order valence-corrected chi connectivity index (χ3v) is 3.60. The lowest BCUT2D eigenvalue weighted by Crippen LogP contribution is -2.25. The van der Waals surface area contributed by atoms with Gasteiger partial charge in [-0.05, 0) is 44.1 Å². The van der Waals surface area contributed by atoms with E-state index in [0.717, 1.165) is 30.9 Å². The molecule has 0 aromatic heterocycles. The molecule has 1 saturated heterocycles. The van der Waals surface area contributed by atoms with Crippen molar-refractivity contribution in [1.29, 1.82) is 5.26 Å². The monoisotopic (exact) mass is 264 g/mol. The second-order valence-electron chi connectivity index (χ2n) is 4.58. The Morgan fingerprint density at radius 3 is 2.78 bits per heavy atom. The maximum Gasteiger partial charge on any atom is 0.123 e. The molecule has 1 fully saturated rings. The fourth-order valence-electron chi connectivity index (χ4n) is 2.41. The average molecular weight is 265 g/mol. The molecule has 4 heteroatoms. The van der Waals surface area contributed by atoms with E-state index in [1.807, 2.05) is 12.1 Å². The zero-order valence-corrected chi connectivity index (χ0v) is 11.3. The highest BCUT2D eigenvalue weighted by molar-refractivity contribution is 6.30. The highest BCUT2D eigenvalue weighted by atomic mass is 35.5. The second-order valence-corrected chi connectivity index (χ2v) is 5.01. The molecule has 1 aromatic rings. The molecular formula is C14H17ClN2O. The Labute approximate surface area is 113 Å². The zero-order chi connectivity index (χ0) is 13.0. The van der Waals surface area contributed by atoms with Gasteiger partial charge in [0.05, 0.1) is 19.1 Å². The van der Waals surface area contributed by atoms with Gasteiger partial charge in [-0.25, -0.2) is 0 Å². The number of ether oxygens (including phenoxy) is 1. The summed E-state index contributed by atoms with van der Waals surface area (Å²) in [5.41, 5.74) is 0.888. The van der Waals surface area contributed by atoms with Crippen LogP contribution in [0.5, 0.6) is 5.75 Å². The minimum atomic E-state index is -0.184. The van der Waals surface area contributed by atoms with Crippen molar-refractivity contribution in [3.8, 4) is 11.8 Å². The SMILES string of the molecule is COc1ccc(Cl)cc1C(C#N)CN1CCCC1. The normalized spacial score (nSPS) is 17.4. The first-order chi connectivity index (χ1) is 8.74. The van der Waals surface area contributed by atoms with E-state index in [2.05, 4.69) is 11.0 Å². The average Bonchev–Trinajstić information content (AvgIpc) is 2.88. The largest absolute Gasteiger partial charge is 0.496 e. The number of nitrogens with zero attached hydrogens (tertiary/aromatic N) is 2. The molecule has 0 spiro atoms. The topological polar surface area (TPSA) is 36.3 Å². The molecule has 1 unspecified atom stereocenters. The summed E-state index contributed by atoms with van der Waals surface area (Å²) in [5.74, 6) is 0.557. The van der Waals surface area contributed by atoms with E-state index in [1.54, 1.807) is 13.2 Å². The minimum Gasteiger partial charge on any atom is -0.496 e. The Balaban J connectivity index is 2.20. The molecule has 0 N–H and O–H groups in total. The Morgan fingerprint density at radius 2 is 2.17 bits per heavy atom. The van der Waals surface area contributed by atoms with Gasteiger partial charge >= 0.3 is 0 Å². The van der Waals surface area contributed by atoms with Crippen LogP contribution in [0.4, 0.5) is 0 Å². The fraction of sp³-hybridized carbons (Fsp3) is 0.500. The van der Waals surface area contributed by atoms with Crippen molar-refractivity contribution in [3.05, 3.63) is 28.8 Å². The Kier molecular flexibility index (Phi) is 4.46. The molecule has 0 amide bonds. The third-order valence-electron chi connectivity index (χ3n) is 3.36. The summed E-state index contributed by atoms with van der Waals surface area (Å²) in [7, 11) is 1.62. The van der Waals surface area contributed by atoms with E-state index in [1.165, 1.54) is 12.8 Å². The maximum atomic E-state index is 9.38. The molecule has 1 atom stereocenters. The van der Waals surface area contributed by atoms with Crippen LogP contribution in [-0.2, 0) is 0 Å². The fourth-order valence-corrected chi connectivity index (χ4v) is 2.59. The lowest BCUT2D eigenvalue weighted by Gasteiger charge is -2.20. The summed E-state index contributed by atoms with van der Waals surface area (Å²) in [6.45, 7) is 2.93. The van der Waals surface area contributed by atoms with Crippen LogP contribution in [0.15, 0.2) is 18.2 Å². The number of nitriles is 1. The van der Waals surface area contributed by atoms with Gasteiger partial charge in [0.1, 0.15) is 5.75 Å². The van der Waals surface area contributed by atoms with Gasteiger partial charge in [-0.1, -0.05) is 11.6 Å². The summed E-state index contributed by atoms with van der Waals surface area (Å²) in [6.07, 6.45) is 2.45. The number of hydrogen-bond donors (Lipinski definition) is 0. The van der Waals surface area contributed by atoms with Gasteiger partial charge in [0, 0.05) is 17.1 Å². The lowest BCUT2D eigenvalue weighted by atomic mass is 9.99. The number of halogens is 1. The van der Waals surface area contributed by atoms with Crippen LogP contribution in [0, 0.1) is 11.3 Å². The van der Waals surface area contributed by atoms with Crippen molar-refractivity contribution in [2.45, 2.75) is 18.8 Å². The van der Waals surface area contributed by atoms with Crippen LogP contribution >= 0.6 is 11.6 Å². The Morgan fingerprint density at radius 1 is 1.44 bits per heavy atom. The molecule has 0 saturated carbocycles. The number of benzene rings is 1. The second kappa shape index (κ2) is 6.08. The van der Waals surface area contributed by atoms with Crippen LogP contribution in [0.3, 0.4) is 0 Å². The molecule has 1 aromatic carbocycles. The van der Waals surface area contributed by atoms with E-state index < -0.39 is 0 Å². The summed E-state index contributed by atoms with van der Waals surface area (Å²) >= 11 is 6.01. The minimum absolute atomic E-state index is 0.184. The molecule has 0 bridgehead atoms. The van der Waals surface area contributed by atoms with Crippen LogP contribution in [0.25, 0.3) is 0 Å². The van der Waals surface area contributed by atoms with Gasteiger partial charge < -0.3 is 9.64 Å². The summed E-state index contributed by atoms with van der Waals surface area (Å²) in [5, 5.41) is 10.0. The van der Waals surface area contributed by atoms with Gasteiger partial charge in [-0.3, -0.25) is 0 Å². The van der Waals surface area contributed by atoms with Crippen molar-refractivity contribution >= 4 is 11.6 Å². The van der Waals surface area contributed by atoms with E-state index in [4.69, 9.17) is 16.3 Å². The highest BCUT2D eigenvalue weighted by Crippen LogP contribution is 2.30. The molecule has 1 aliphatic heterocycles. The highest BCUT2D eigenvalue weighted by Gasteiger charge is 2.21. The first kappa shape index (κ1) is 13.2. The number of methoxy groups -OCH3 is 1. The number of hydrogen-bond acceptors (Lipinski definition) is 3. The third kappa shape index (κ3) is 2.95. The van der Waals surface area contributed by atoms with Crippen LogP contribution in [0.2, 0.25) is 5.02 Å². The van der Waals surface area contributed by atoms with Crippen molar-refractivity contribution in [2.24, 2.45) is 0 Å². The molecule has 2 rings (SSSR count). The standard InChI is InChI=1S/C14H17ClN2O/c1-18-14-5-4-12(15)8-13(14)11(9-16)10-17-6-2-3-7-17/h4-5,8,11H,2-3,6-7,10H2,1H3. The molecule has 1 aliphatic rings. The molecule has 0 aliphatic carbocycles. The zero-order valence-electron chi connectivity index (χ0n) is 10.5. The Hall–Kier alpha value is -1.24. The smallest absolute Gasteiger partial charge is 0.123 e. The van der Waals surface area contributed by atoms with Gasteiger partial charge in [-0.15, -0.1) is 0 Å². The van der Waals surface area contributed by atoms with Crippen molar-refractivity contribution < 1.29 is 4.74 Å². The van der Waals surface area contributed by atoms with Crippen LogP contribution in [0.1, 0.15) is 24.3 Å². The summed E-state index contributed by atoms with van der Waals surface area (Å²) in [4.78, 5) is 2.33. The van der Waals surface area contributed by atoms with Gasteiger partial charge in [-0.2, -0.15) is 5.26 Å². The quantitative estimate of drug-likeness (QED) is 0.839. The number of likely N-dealkylation sites (tertiary alicyclic amines) is 1. The molecule has 1 heterocycles.